The third-order valence-corrected chi connectivity index (χ3v) is 3.20. The Kier molecular flexibility index (Phi) is 2.79. The second-order valence-electron chi connectivity index (χ2n) is 2.72. The molecule has 0 aromatic heterocycles. The molecule has 2 nitrogen and oxygen atoms in total. The minimum Gasteiger partial charge on any atom is -0.486 e. The van der Waals surface area contributed by atoms with Crippen molar-refractivity contribution in [2.24, 2.45) is 0 Å². The van der Waals surface area contributed by atoms with Crippen molar-refractivity contribution < 1.29 is 9.47 Å². The molecule has 0 atom stereocenters. The standard InChI is InChI=1S/C9H8Br2O2/c10-5-6-3-8-9(4-7(6)11)13-2-1-12-8/h3-4H,1-2,5H2. The van der Waals surface area contributed by atoms with Crippen LogP contribution >= 0.6 is 31.9 Å². The van der Waals surface area contributed by atoms with Gasteiger partial charge in [0.25, 0.3) is 0 Å². The van der Waals surface area contributed by atoms with E-state index in [1.54, 1.807) is 0 Å². The molecule has 2 rings (SSSR count). The van der Waals surface area contributed by atoms with Crippen LogP contribution in [0.3, 0.4) is 0 Å². The van der Waals surface area contributed by atoms with Crippen molar-refractivity contribution in [1.82, 2.24) is 0 Å². The van der Waals surface area contributed by atoms with Gasteiger partial charge in [-0.1, -0.05) is 31.9 Å². The summed E-state index contributed by atoms with van der Waals surface area (Å²) in [5, 5.41) is 0.810. The molecule has 0 unspecified atom stereocenters. The lowest BCUT2D eigenvalue weighted by Crippen LogP contribution is -2.15. The minimum absolute atomic E-state index is 0.632. The molecule has 0 spiro atoms. The van der Waals surface area contributed by atoms with Crippen LogP contribution in [0.5, 0.6) is 11.5 Å². The van der Waals surface area contributed by atoms with Gasteiger partial charge in [0, 0.05) is 9.80 Å². The van der Waals surface area contributed by atoms with Crippen molar-refractivity contribution >= 4 is 31.9 Å². The lowest BCUT2D eigenvalue weighted by atomic mass is 10.2. The van der Waals surface area contributed by atoms with Crippen molar-refractivity contribution in [3.63, 3.8) is 0 Å². The van der Waals surface area contributed by atoms with Gasteiger partial charge in [-0.3, -0.25) is 0 Å². The maximum atomic E-state index is 5.45. The van der Waals surface area contributed by atoms with Crippen LogP contribution in [0, 0.1) is 0 Å². The van der Waals surface area contributed by atoms with Crippen LogP contribution in [0.25, 0.3) is 0 Å². The van der Waals surface area contributed by atoms with Crippen molar-refractivity contribution in [3.8, 4) is 11.5 Å². The Balaban J connectivity index is 2.44. The number of hydrogen-bond donors (Lipinski definition) is 0. The first-order chi connectivity index (χ1) is 6.31. The zero-order valence-corrected chi connectivity index (χ0v) is 10.0. The quantitative estimate of drug-likeness (QED) is 0.742. The molecule has 4 heteroatoms. The van der Waals surface area contributed by atoms with Crippen molar-refractivity contribution in [3.05, 3.63) is 22.2 Å². The molecule has 0 aliphatic carbocycles. The number of hydrogen-bond acceptors (Lipinski definition) is 2. The van der Waals surface area contributed by atoms with E-state index in [9.17, 15) is 0 Å². The molecule has 0 amide bonds. The molecule has 0 N–H and O–H groups in total. The van der Waals surface area contributed by atoms with Crippen LogP contribution < -0.4 is 9.47 Å². The molecule has 1 aromatic rings. The number of benzene rings is 1. The van der Waals surface area contributed by atoms with Gasteiger partial charge in [0.2, 0.25) is 0 Å². The van der Waals surface area contributed by atoms with Crippen LogP contribution in [-0.4, -0.2) is 13.2 Å². The molecule has 0 saturated carbocycles. The highest BCUT2D eigenvalue weighted by Gasteiger charge is 2.13. The van der Waals surface area contributed by atoms with Crippen LogP contribution in [0.4, 0.5) is 0 Å². The summed E-state index contributed by atoms with van der Waals surface area (Å²) in [6.45, 7) is 1.27. The van der Waals surface area contributed by atoms with Gasteiger partial charge < -0.3 is 9.47 Å². The molecule has 1 aromatic carbocycles. The largest absolute Gasteiger partial charge is 0.486 e. The summed E-state index contributed by atoms with van der Waals surface area (Å²) in [4.78, 5) is 0. The second-order valence-corrected chi connectivity index (χ2v) is 4.14. The molecule has 0 radical (unpaired) electrons. The summed E-state index contributed by atoms with van der Waals surface area (Å²) in [5.41, 5.74) is 1.17. The molecular weight excluding hydrogens is 300 g/mol. The third kappa shape index (κ3) is 1.83. The molecule has 0 fully saturated rings. The van der Waals surface area contributed by atoms with Gasteiger partial charge in [-0.2, -0.15) is 0 Å². The van der Waals surface area contributed by atoms with Crippen LogP contribution in [0.15, 0.2) is 16.6 Å². The zero-order chi connectivity index (χ0) is 9.26. The summed E-state index contributed by atoms with van der Waals surface area (Å²) >= 11 is 6.88. The van der Waals surface area contributed by atoms with Crippen LogP contribution in [0.1, 0.15) is 5.56 Å². The van der Waals surface area contributed by atoms with E-state index < -0.39 is 0 Å². The van der Waals surface area contributed by atoms with Crippen LogP contribution in [0.2, 0.25) is 0 Å². The monoisotopic (exact) mass is 306 g/mol. The summed E-state index contributed by atoms with van der Waals surface area (Å²) in [6, 6.07) is 3.94. The fourth-order valence-corrected chi connectivity index (χ4v) is 2.51. The molecule has 0 saturated heterocycles. The zero-order valence-electron chi connectivity index (χ0n) is 6.85. The number of rotatable bonds is 1. The van der Waals surface area contributed by atoms with Crippen LogP contribution in [-0.2, 0) is 5.33 Å². The van der Waals surface area contributed by atoms with Crippen molar-refractivity contribution in [1.29, 1.82) is 0 Å². The maximum Gasteiger partial charge on any atom is 0.162 e. The van der Waals surface area contributed by atoms with E-state index in [1.165, 1.54) is 5.56 Å². The Morgan fingerprint density at radius 3 is 2.38 bits per heavy atom. The third-order valence-electron chi connectivity index (χ3n) is 1.86. The van der Waals surface area contributed by atoms with Gasteiger partial charge in [-0.15, -0.1) is 0 Å². The highest BCUT2D eigenvalue weighted by molar-refractivity contribution is 9.10. The first-order valence-electron chi connectivity index (χ1n) is 3.95. The Hall–Kier alpha value is -0.220. The van der Waals surface area contributed by atoms with Crippen molar-refractivity contribution in [2.45, 2.75) is 5.33 Å². The Morgan fingerprint density at radius 2 is 1.77 bits per heavy atom. The highest BCUT2D eigenvalue weighted by atomic mass is 79.9. The molecule has 0 bridgehead atoms. The van der Waals surface area contributed by atoms with E-state index in [1.807, 2.05) is 12.1 Å². The molecule has 1 heterocycles. The van der Waals surface area contributed by atoms with E-state index in [4.69, 9.17) is 9.47 Å². The molecular formula is C9H8Br2O2. The Labute approximate surface area is 93.5 Å². The second kappa shape index (κ2) is 3.88. The number of halogens is 2. The fraction of sp³-hybridized carbons (Fsp3) is 0.333. The summed E-state index contributed by atoms with van der Waals surface area (Å²) in [6.07, 6.45) is 0. The Morgan fingerprint density at radius 1 is 1.15 bits per heavy atom. The summed E-state index contributed by atoms with van der Waals surface area (Å²) < 4.78 is 11.9. The first kappa shape index (κ1) is 9.34. The van der Waals surface area contributed by atoms with Gasteiger partial charge in [-0.25, -0.2) is 0 Å². The van der Waals surface area contributed by atoms with E-state index in [-0.39, 0.29) is 0 Å². The van der Waals surface area contributed by atoms with Gasteiger partial charge >= 0.3 is 0 Å². The smallest absolute Gasteiger partial charge is 0.162 e. The summed E-state index contributed by atoms with van der Waals surface area (Å²) in [5.74, 6) is 1.66. The Bertz CT molecular complexity index is 326. The molecule has 70 valence electrons. The minimum atomic E-state index is 0.632. The van der Waals surface area contributed by atoms with Crippen molar-refractivity contribution in [2.75, 3.05) is 13.2 Å². The first-order valence-corrected chi connectivity index (χ1v) is 5.86. The van der Waals surface area contributed by atoms with Gasteiger partial charge in [0.1, 0.15) is 13.2 Å². The highest BCUT2D eigenvalue weighted by Crippen LogP contribution is 2.36. The summed E-state index contributed by atoms with van der Waals surface area (Å²) in [7, 11) is 0. The van der Waals surface area contributed by atoms with E-state index in [0.717, 1.165) is 21.3 Å². The van der Waals surface area contributed by atoms with Gasteiger partial charge in [0.05, 0.1) is 0 Å². The molecule has 1 aliphatic rings. The molecule has 13 heavy (non-hydrogen) atoms. The van der Waals surface area contributed by atoms with E-state index in [0.29, 0.717) is 13.2 Å². The predicted octanol–water partition coefficient (Wildman–Crippen LogP) is 3.12. The SMILES string of the molecule is BrCc1cc2c(cc1Br)OCCO2. The number of alkyl halides is 1. The fourth-order valence-electron chi connectivity index (χ4n) is 1.21. The normalized spacial score (nSPS) is 14.3. The van der Waals surface area contributed by atoms with Gasteiger partial charge in [0.15, 0.2) is 11.5 Å². The average molecular weight is 308 g/mol. The lowest BCUT2D eigenvalue weighted by Gasteiger charge is -2.19. The maximum absolute atomic E-state index is 5.45. The number of ether oxygens (including phenoxy) is 2. The van der Waals surface area contributed by atoms with Gasteiger partial charge in [-0.05, 0) is 17.7 Å². The molecule has 1 aliphatic heterocycles. The van der Waals surface area contributed by atoms with E-state index >= 15 is 0 Å². The average Bonchev–Trinajstić information content (AvgIpc) is 2.17. The topological polar surface area (TPSA) is 18.5 Å². The predicted molar refractivity (Wildman–Crippen MR) is 57.8 cm³/mol. The lowest BCUT2D eigenvalue weighted by molar-refractivity contribution is 0.171. The van der Waals surface area contributed by atoms with E-state index in [2.05, 4.69) is 31.9 Å². The number of fused-ring (bicyclic) bond motifs is 1.